The summed E-state index contributed by atoms with van der Waals surface area (Å²) in [4.78, 5) is 46.1. The van der Waals surface area contributed by atoms with E-state index in [-0.39, 0.29) is 23.7 Å². The van der Waals surface area contributed by atoms with E-state index in [4.69, 9.17) is 14.2 Å². The number of carbonyl (C=O) groups excluding carboxylic acids is 4. The van der Waals surface area contributed by atoms with Crippen LogP contribution < -0.4 is 14.2 Å². The van der Waals surface area contributed by atoms with Gasteiger partial charge in [0.15, 0.2) is 23.1 Å². The van der Waals surface area contributed by atoms with E-state index in [0.717, 1.165) is 5.56 Å². The van der Waals surface area contributed by atoms with E-state index >= 15 is 0 Å². The second-order valence-electron chi connectivity index (χ2n) is 6.44. The molecule has 0 saturated heterocycles. The molecule has 160 valence electrons. The van der Waals surface area contributed by atoms with Crippen molar-refractivity contribution >= 4 is 35.7 Å². The molecule has 0 aliphatic rings. The predicted molar refractivity (Wildman–Crippen MR) is 115 cm³/mol. The van der Waals surface area contributed by atoms with Gasteiger partial charge in [0.1, 0.15) is 5.75 Å². The Hall–Kier alpha value is -4.00. The smallest absolute Gasteiger partial charge is 0.308 e. The van der Waals surface area contributed by atoms with E-state index in [1.807, 2.05) is 0 Å². The SMILES string of the molecule is COc1cc(/C=C/C(=O)CC(=O)/C=C/c2ccc(OC(C)=O)cc2)ccc1OC(C)=O. The first kappa shape index (κ1) is 23.3. The van der Waals surface area contributed by atoms with Gasteiger partial charge in [-0.1, -0.05) is 30.4 Å². The minimum absolute atomic E-state index is 0.277. The summed E-state index contributed by atoms with van der Waals surface area (Å²) >= 11 is 0. The molecule has 0 amide bonds. The maximum atomic E-state index is 12.1. The predicted octanol–water partition coefficient (Wildman–Crippen LogP) is 3.80. The lowest BCUT2D eigenvalue weighted by Gasteiger charge is -2.08. The van der Waals surface area contributed by atoms with E-state index in [2.05, 4.69) is 0 Å². The fourth-order valence-corrected chi connectivity index (χ4v) is 2.51. The second-order valence-corrected chi connectivity index (χ2v) is 6.44. The van der Waals surface area contributed by atoms with Crippen LogP contribution in [0.15, 0.2) is 54.6 Å². The van der Waals surface area contributed by atoms with Gasteiger partial charge in [-0.15, -0.1) is 0 Å². The van der Waals surface area contributed by atoms with Gasteiger partial charge in [0.2, 0.25) is 0 Å². The summed E-state index contributed by atoms with van der Waals surface area (Å²) in [6, 6.07) is 11.4. The Morgan fingerprint density at radius 3 is 1.84 bits per heavy atom. The molecule has 2 aromatic rings. The van der Waals surface area contributed by atoms with Crippen LogP contribution in [0.5, 0.6) is 17.2 Å². The number of ether oxygens (including phenoxy) is 3. The van der Waals surface area contributed by atoms with Crippen LogP contribution in [0.3, 0.4) is 0 Å². The molecular weight excluding hydrogens is 400 g/mol. The maximum absolute atomic E-state index is 12.1. The van der Waals surface area contributed by atoms with Gasteiger partial charge in [-0.05, 0) is 47.5 Å². The zero-order chi connectivity index (χ0) is 22.8. The molecule has 2 aromatic carbocycles. The van der Waals surface area contributed by atoms with Crippen LogP contribution in [0, 0.1) is 0 Å². The highest BCUT2D eigenvalue weighted by molar-refractivity contribution is 6.10. The van der Waals surface area contributed by atoms with Gasteiger partial charge >= 0.3 is 11.9 Å². The largest absolute Gasteiger partial charge is 0.493 e. The molecule has 7 nitrogen and oxygen atoms in total. The molecule has 31 heavy (non-hydrogen) atoms. The van der Waals surface area contributed by atoms with Crippen LogP contribution in [0.4, 0.5) is 0 Å². The molecule has 0 aliphatic carbocycles. The molecule has 0 heterocycles. The zero-order valence-corrected chi connectivity index (χ0v) is 17.4. The normalized spacial score (nSPS) is 10.8. The van der Waals surface area contributed by atoms with Gasteiger partial charge in [-0.2, -0.15) is 0 Å². The number of carbonyl (C=O) groups is 4. The highest BCUT2D eigenvalue weighted by Crippen LogP contribution is 2.28. The minimum atomic E-state index is -0.469. The molecule has 0 fully saturated rings. The van der Waals surface area contributed by atoms with Gasteiger partial charge in [-0.25, -0.2) is 0 Å². The molecule has 0 aliphatic heterocycles. The Morgan fingerprint density at radius 1 is 0.742 bits per heavy atom. The van der Waals surface area contributed by atoms with Gasteiger partial charge < -0.3 is 14.2 Å². The number of hydrogen-bond acceptors (Lipinski definition) is 7. The monoisotopic (exact) mass is 422 g/mol. The van der Waals surface area contributed by atoms with E-state index in [1.54, 1.807) is 54.6 Å². The summed E-state index contributed by atoms with van der Waals surface area (Å²) in [6.07, 6.45) is 5.48. The summed E-state index contributed by atoms with van der Waals surface area (Å²) in [5.74, 6) is -0.547. The van der Waals surface area contributed by atoms with Crippen LogP contribution in [0.2, 0.25) is 0 Å². The molecule has 2 rings (SSSR count). The van der Waals surface area contributed by atoms with Crippen LogP contribution in [0.1, 0.15) is 31.4 Å². The van der Waals surface area contributed by atoms with Crippen molar-refractivity contribution in [2.24, 2.45) is 0 Å². The first-order valence-corrected chi connectivity index (χ1v) is 9.33. The maximum Gasteiger partial charge on any atom is 0.308 e. The summed E-state index contributed by atoms with van der Waals surface area (Å²) in [5, 5.41) is 0. The number of methoxy groups -OCH3 is 1. The summed E-state index contributed by atoms with van der Waals surface area (Å²) < 4.78 is 15.1. The quantitative estimate of drug-likeness (QED) is 0.262. The highest BCUT2D eigenvalue weighted by atomic mass is 16.6. The van der Waals surface area contributed by atoms with Gasteiger partial charge in [0, 0.05) is 13.8 Å². The van der Waals surface area contributed by atoms with Gasteiger partial charge in [-0.3, -0.25) is 19.2 Å². The minimum Gasteiger partial charge on any atom is -0.493 e. The number of rotatable bonds is 9. The number of esters is 2. The van der Waals surface area contributed by atoms with E-state index in [1.165, 1.54) is 33.1 Å². The molecule has 0 radical (unpaired) electrons. The lowest BCUT2D eigenvalue weighted by Crippen LogP contribution is -2.03. The zero-order valence-electron chi connectivity index (χ0n) is 17.4. The Balaban J connectivity index is 1.93. The third-order valence-electron chi connectivity index (χ3n) is 3.85. The van der Waals surface area contributed by atoms with Crippen molar-refractivity contribution in [3.63, 3.8) is 0 Å². The van der Waals surface area contributed by atoms with Crippen molar-refractivity contribution < 1.29 is 33.4 Å². The van der Waals surface area contributed by atoms with E-state index in [9.17, 15) is 19.2 Å². The highest BCUT2D eigenvalue weighted by Gasteiger charge is 2.08. The summed E-state index contributed by atoms with van der Waals surface area (Å²) in [5.41, 5.74) is 1.38. The Labute approximate surface area is 179 Å². The molecule has 0 spiro atoms. The van der Waals surface area contributed by atoms with Crippen LogP contribution in [0.25, 0.3) is 12.2 Å². The lowest BCUT2D eigenvalue weighted by atomic mass is 10.1. The van der Waals surface area contributed by atoms with Gasteiger partial charge in [0.05, 0.1) is 13.5 Å². The van der Waals surface area contributed by atoms with Crippen molar-refractivity contribution in [2.75, 3.05) is 7.11 Å². The van der Waals surface area contributed by atoms with Crippen molar-refractivity contribution in [2.45, 2.75) is 20.3 Å². The third kappa shape index (κ3) is 8.10. The first-order chi connectivity index (χ1) is 14.8. The third-order valence-corrected chi connectivity index (χ3v) is 3.85. The summed E-state index contributed by atoms with van der Waals surface area (Å²) in [6.45, 7) is 2.60. The number of hydrogen-bond donors (Lipinski definition) is 0. The van der Waals surface area contributed by atoms with Crippen molar-refractivity contribution in [1.29, 1.82) is 0 Å². The molecule has 0 aromatic heterocycles. The van der Waals surface area contributed by atoms with Crippen LogP contribution in [-0.4, -0.2) is 30.6 Å². The van der Waals surface area contributed by atoms with Crippen LogP contribution >= 0.6 is 0 Å². The fraction of sp³-hybridized carbons (Fsp3) is 0.167. The van der Waals surface area contributed by atoms with Crippen molar-refractivity contribution in [3.8, 4) is 17.2 Å². The molecule has 0 N–H and O–H groups in total. The number of ketones is 2. The molecular formula is C24H22O7. The summed E-state index contributed by atoms with van der Waals surface area (Å²) in [7, 11) is 1.44. The molecule has 0 unspecified atom stereocenters. The fourth-order valence-electron chi connectivity index (χ4n) is 2.51. The topological polar surface area (TPSA) is 96.0 Å². The number of benzene rings is 2. The lowest BCUT2D eigenvalue weighted by molar-refractivity contribution is -0.132. The number of allylic oxidation sites excluding steroid dienone is 2. The average molecular weight is 422 g/mol. The van der Waals surface area contributed by atoms with E-state index in [0.29, 0.717) is 17.1 Å². The van der Waals surface area contributed by atoms with Crippen LogP contribution in [-0.2, 0) is 19.2 Å². The Kier molecular flexibility index (Phi) is 8.45. The molecule has 0 bridgehead atoms. The van der Waals surface area contributed by atoms with E-state index < -0.39 is 11.9 Å². The standard InChI is InChI=1S/C24H22O7/c1-16(25)30-22-11-6-18(7-12-22)4-9-20(27)15-21(28)10-5-19-8-13-23(31-17(2)26)24(14-19)29-3/h4-14H,15H2,1-3H3/b9-4+,10-5+. The molecule has 7 heteroatoms. The average Bonchev–Trinajstić information content (AvgIpc) is 2.71. The Morgan fingerprint density at radius 2 is 1.29 bits per heavy atom. The molecule has 0 saturated carbocycles. The second kappa shape index (κ2) is 11.3. The molecule has 0 atom stereocenters. The first-order valence-electron chi connectivity index (χ1n) is 9.33. The van der Waals surface area contributed by atoms with Crippen molar-refractivity contribution in [1.82, 2.24) is 0 Å². The van der Waals surface area contributed by atoms with Crippen molar-refractivity contribution in [3.05, 3.63) is 65.7 Å². The van der Waals surface area contributed by atoms with Gasteiger partial charge in [0.25, 0.3) is 0 Å². The Bertz CT molecular complexity index is 1030.